The number of nitrogens with two attached hydrogens (primary N) is 1. The van der Waals surface area contributed by atoms with E-state index in [9.17, 15) is 9.90 Å². The lowest BCUT2D eigenvalue weighted by molar-refractivity contribution is -0.00252. The highest BCUT2D eigenvalue weighted by Gasteiger charge is 2.21. The molecule has 0 amide bonds. The molecule has 0 aromatic carbocycles. The second-order valence-electron chi connectivity index (χ2n) is 4.53. The zero-order chi connectivity index (χ0) is 15.1. The average Bonchev–Trinajstić information content (AvgIpc) is 2.79. The molecule has 3 N–H and O–H groups in total. The van der Waals surface area contributed by atoms with Crippen molar-refractivity contribution in [3.8, 4) is 0 Å². The van der Waals surface area contributed by atoms with Gasteiger partial charge in [0.1, 0.15) is 0 Å². The Kier molecular flexibility index (Phi) is 6.56. The van der Waals surface area contributed by atoms with Crippen molar-refractivity contribution in [3.05, 3.63) is 11.4 Å². The summed E-state index contributed by atoms with van der Waals surface area (Å²) >= 11 is 0. The molecule has 1 atom stereocenters. The zero-order valence-corrected chi connectivity index (χ0v) is 12.1. The van der Waals surface area contributed by atoms with E-state index in [4.69, 9.17) is 15.2 Å². The van der Waals surface area contributed by atoms with Crippen LogP contribution in [0.3, 0.4) is 0 Å². The van der Waals surface area contributed by atoms with Crippen LogP contribution in [0.5, 0.6) is 0 Å². The largest absolute Gasteiger partial charge is 0.461 e. The number of aromatic nitrogens is 3. The number of hydrogen-bond acceptors (Lipinski definition) is 7. The van der Waals surface area contributed by atoms with Crippen LogP contribution < -0.4 is 5.73 Å². The van der Waals surface area contributed by atoms with Crippen molar-refractivity contribution >= 4 is 5.97 Å². The fourth-order valence-electron chi connectivity index (χ4n) is 1.60. The molecule has 0 aliphatic heterocycles. The van der Waals surface area contributed by atoms with Crippen molar-refractivity contribution in [1.82, 2.24) is 15.0 Å². The molecule has 1 rings (SSSR count). The van der Waals surface area contributed by atoms with Crippen LogP contribution in [0.15, 0.2) is 0 Å². The molecule has 1 aromatic rings. The van der Waals surface area contributed by atoms with Gasteiger partial charge >= 0.3 is 5.97 Å². The van der Waals surface area contributed by atoms with Gasteiger partial charge in [0.15, 0.2) is 5.69 Å². The molecule has 8 nitrogen and oxygen atoms in total. The van der Waals surface area contributed by atoms with Gasteiger partial charge in [0.05, 0.1) is 37.7 Å². The van der Waals surface area contributed by atoms with E-state index in [1.165, 1.54) is 4.68 Å². The van der Waals surface area contributed by atoms with E-state index in [0.717, 1.165) is 0 Å². The third kappa shape index (κ3) is 4.55. The Morgan fingerprint density at radius 3 is 2.75 bits per heavy atom. The molecular formula is C12H22N4O4. The first-order valence-corrected chi connectivity index (χ1v) is 6.58. The van der Waals surface area contributed by atoms with Gasteiger partial charge in [-0.2, -0.15) is 0 Å². The molecule has 0 saturated heterocycles. The normalized spacial score (nSPS) is 12.7. The number of aliphatic hydroxyl groups is 1. The van der Waals surface area contributed by atoms with E-state index >= 15 is 0 Å². The number of esters is 1. The molecule has 0 bridgehead atoms. The van der Waals surface area contributed by atoms with Gasteiger partial charge < -0.3 is 20.3 Å². The van der Waals surface area contributed by atoms with Crippen LogP contribution in [-0.4, -0.2) is 51.5 Å². The lowest BCUT2D eigenvalue weighted by Gasteiger charge is -2.14. The minimum Gasteiger partial charge on any atom is -0.461 e. The summed E-state index contributed by atoms with van der Waals surface area (Å²) in [6.45, 7) is 6.14. The Morgan fingerprint density at radius 2 is 2.20 bits per heavy atom. The van der Waals surface area contributed by atoms with Crippen LogP contribution in [0.25, 0.3) is 0 Å². The van der Waals surface area contributed by atoms with Crippen molar-refractivity contribution in [2.24, 2.45) is 5.73 Å². The third-order valence-corrected chi connectivity index (χ3v) is 2.51. The molecule has 8 heteroatoms. The van der Waals surface area contributed by atoms with Crippen LogP contribution in [0, 0.1) is 0 Å². The Balaban J connectivity index is 2.73. The van der Waals surface area contributed by atoms with Crippen molar-refractivity contribution < 1.29 is 19.4 Å². The van der Waals surface area contributed by atoms with E-state index in [1.54, 1.807) is 6.92 Å². The van der Waals surface area contributed by atoms with Crippen LogP contribution >= 0.6 is 0 Å². The van der Waals surface area contributed by atoms with E-state index in [0.29, 0.717) is 5.69 Å². The van der Waals surface area contributed by atoms with E-state index in [1.807, 2.05) is 13.8 Å². The first-order valence-electron chi connectivity index (χ1n) is 6.58. The van der Waals surface area contributed by atoms with Gasteiger partial charge in [0, 0.05) is 6.54 Å². The maximum absolute atomic E-state index is 11.7. The molecule has 0 saturated carbocycles. The van der Waals surface area contributed by atoms with Crippen LogP contribution in [0.4, 0.5) is 0 Å². The number of ether oxygens (including phenoxy) is 2. The van der Waals surface area contributed by atoms with Gasteiger partial charge in [-0.05, 0) is 20.8 Å². The molecule has 0 spiro atoms. The maximum atomic E-state index is 11.7. The predicted octanol–water partition coefficient (Wildman–Crippen LogP) is -0.301. The van der Waals surface area contributed by atoms with Gasteiger partial charge in [0.25, 0.3) is 0 Å². The lowest BCUT2D eigenvalue weighted by Crippen LogP contribution is -2.26. The van der Waals surface area contributed by atoms with Gasteiger partial charge in [-0.25, -0.2) is 9.48 Å². The van der Waals surface area contributed by atoms with E-state index < -0.39 is 12.1 Å². The summed E-state index contributed by atoms with van der Waals surface area (Å²) in [5.74, 6) is -0.563. The molecular weight excluding hydrogens is 264 g/mol. The monoisotopic (exact) mass is 286 g/mol. The Hall–Kier alpha value is -1.51. The minimum atomic E-state index is -0.751. The van der Waals surface area contributed by atoms with Crippen LogP contribution in [0.2, 0.25) is 0 Å². The number of aliphatic hydroxyl groups excluding tert-OH is 1. The number of rotatable bonds is 8. The standard InChI is InChI=1S/C12H22N4O4/c1-4-19-12(18)11-10(5-13)16(15-14-11)6-9(17)7-20-8(2)3/h8-9,17H,4-7,13H2,1-3H3. The maximum Gasteiger partial charge on any atom is 0.360 e. The summed E-state index contributed by atoms with van der Waals surface area (Å²) in [4.78, 5) is 11.7. The minimum absolute atomic E-state index is 0.0319. The van der Waals surface area contributed by atoms with E-state index in [-0.39, 0.29) is 38.1 Å². The van der Waals surface area contributed by atoms with Gasteiger partial charge in [-0.3, -0.25) is 0 Å². The molecule has 0 fully saturated rings. The fourth-order valence-corrected chi connectivity index (χ4v) is 1.60. The number of nitrogens with zero attached hydrogens (tertiary/aromatic N) is 3. The smallest absolute Gasteiger partial charge is 0.360 e. The summed E-state index contributed by atoms with van der Waals surface area (Å²) in [6.07, 6.45) is -0.719. The summed E-state index contributed by atoms with van der Waals surface area (Å²) in [5, 5.41) is 17.4. The highest BCUT2D eigenvalue weighted by molar-refractivity contribution is 5.88. The van der Waals surface area contributed by atoms with Crippen molar-refractivity contribution in [1.29, 1.82) is 0 Å². The molecule has 0 aliphatic carbocycles. The fraction of sp³-hybridized carbons (Fsp3) is 0.750. The van der Waals surface area contributed by atoms with Gasteiger partial charge in [0.2, 0.25) is 0 Å². The number of hydrogen-bond donors (Lipinski definition) is 2. The van der Waals surface area contributed by atoms with Crippen molar-refractivity contribution in [3.63, 3.8) is 0 Å². The van der Waals surface area contributed by atoms with Crippen molar-refractivity contribution in [2.45, 2.75) is 46.1 Å². The topological polar surface area (TPSA) is 112 Å². The predicted molar refractivity (Wildman–Crippen MR) is 71.0 cm³/mol. The summed E-state index contributed by atoms with van der Waals surface area (Å²) in [5.41, 5.74) is 6.13. The molecule has 1 heterocycles. The highest BCUT2D eigenvalue weighted by Crippen LogP contribution is 2.08. The molecule has 0 aliphatic rings. The highest BCUT2D eigenvalue weighted by atomic mass is 16.5. The third-order valence-electron chi connectivity index (χ3n) is 2.51. The summed E-state index contributed by atoms with van der Waals surface area (Å²) < 4.78 is 11.6. The summed E-state index contributed by atoms with van der Waals surface area (Å²) in [6, 6.07) is 0. The van der Waals surface area contributed by atoms with Crippen molar-refractivity contribution in [2.75, 3.05) is 13.2 Å². The van der Waals surface area contributed by atoms with E-state index in [2.05, 4.69) is 10.3 Å². The second kappa shape index (κ2) is 7.93. The molecule has 1 unspecified atom stereocenters. The lowest BCUT2D eigenvalue weighted by atomic mass is 10.3. The second-order valence-corrected chi connectivity index (χ2v) is 4.53. The first kappa shape index (κ1) is 16.5. The Labute approximate surface area is 117 Å². The average molecular weight is 286 g/mol. The van der Waals surface area contributed by atoms with Crippen LogP contribution in [-0.2, 0) is 22.6 Å². The molecule has 1 aromatic heterocycles. The zero-order valence-electron chi connectivity index (χ0n) is 12.1. The van der Waals surface area contributed by atoms with Crippen LogP contribution in [0.1, 0.15) is 37.0 Å². The van der Waals surface area contributed by atoms with Gasteiger partial charge in [-0.1, -0.05) is 5.21 Å². The van der Waals surface area contributed by atoms with Gasteiger partial charge in [-0.15, -0.1) is 5.10 Å². The molecule has 114 valence electrons. The quantitative estimate of drug-likeness (QED) is 0.631. The SMILES string of the molecule is CCOC(=O)c1nnn(CC(O)COC(C)C)c1CN. The summed E-state index contributed by atoms with van der Waals surface area (Å²) in [7, 11) is 0. The first-order chi connectivity index (χ1) is 9.49. The number of carbonyl (C=O) groups excluding carboxylic acids is 1. The molecule has 0 radical (unpaired) electrons. The number of carbonyl (C=O) groups is 1. The molecule has 20 heavy (non-hydrogen) atoms. The Bertz CT molecular complexity index is 433. The Morgan fingerprint density at radius 1 is 1.50 bits per heavy atom.